The Balaban J connectivity index is 2.19. The minimum Gasteiger partial charge on any atom is -0.504 e. The topological polar surface area (TPSA) is 84.1 Å². The first-order valence-electron chi connectivity index (χ1n) is 7.40. The highest BCUT2D eigenvalue weighted by molar-refractivity contribution is 5.90. The summed E-state index contributed by atoms with van der Waals surface area (Å²) in [5.41, 5.74) is 6.23. The Morgan fingerprint density at radius 1 is 1.21 bits per heavy atom. The van der Waals surface area contributed by atoms with Crippen molar-refractivity contribution in [2.45, 2.75) is 13.0 Å². The van der Waals surface area contributed by atoms with Crippen LogP contribution in [0.25, 0.3) is 22.3 Å². The molecule has 1 heterocycles. The van der Waals surface area contributed by atoms with Gasteiger partial charge in [0, 0.05) is 24.0 Å². The van der Waals surface area contributed by atoms with Crippen molar-refractivity contribution in [2.24, 2.45) is 5.73 Å². The number of hydrogen-bond acceptors (Lipinski definition) is 5. The highest BCUT2D eigenvalue weighted by atomic mass is 19.1. The number of phenolic OH excluding ortho intramolecular Hbond substituents is 1. The number of nitrogens with two attached hydrogens (primary N) is 1. The number of rotatable bonds is 4. The third-order valence-corrected chi connectivity index (χ3v) is 3.46. The molecule has 3 aromatic rings. The summed E-state index contributed by atoms with van der Waals surface area (Å²) in [7, 11) is 0. The van der Waals surface area contributed by atoms with E-state index < -0.39 is 17.4 Å². The fourth-order valence-corrected chi connectivity index (χ4v) is 2.33. The molecule has 0 amide bonds. The quantitative estimate of drug-likeness (QED) is 0.685. The maximum Gasteiger partial charge on any atom is 0.168 e. The first-order chi connectivity index (χ1) is 11.5. The summed E-state index contributed by atoms with van der Waals surface area (Å²) in [6.45, 7) is 2.30. The van der Waals surface area contributed by atoms with Gasteiger partial charge >= 0.3 is 0 Å². The molecule has 0 aliphatic rings. The van der Waals surface area contributed by atoms with E-state index in [-0.39, 0.29) is 17.4 Å². The molecule has 0 fully saturated rings. The monoisotopic (exact) mass is 330 g/mol. The molecule has 1 atom stereocenters. The maximum absolute atomic E-state index is 13.6. The van der Waals surface area contributed by atoms with E-state index in [4.69, 9.17) is 5.73 Å². The Morgan fingerprint density at radius 2 is 1.96 bits per heavy atom. The highest BCUT2D eigenvalue weighted by Crippen LogP contribution is 2.32. The summed E-state index contributed by atoms with van der Waals surface area (Å²) in [6, 6.07) is 8.70. The second-order valence-corrected chi connectivity index (χ2v) is 5.55. The normalized spacial score (nSPS) is 12.3. The largest absolute Gasteiger partial charge is 0.504 e. The smallest absolute Gasteiger partial charge is 0.168 e. The summed E-state index contributed by atoms with van der Waals surface area (Å²) in [6.07, 6.45) is 0. The number of anilines is 1. The second kappa shape index (κ2) is 6.37. The number of fused-ring (bicyclic) bond motifs is 1. The van der Waals surface area contributed by atoms with Crippen molar-refractivity contribution in [3.05, 3.63) is 48.0 Å². The molecule has 1 aromatic heterocycles. The van der Waals surface area contributed by atoms with Gasteiger partial charge in [-0.2, -0.15) is 0 Å². The van der Waals surface area contributed by atoms with E-state index >= 15 is 0 Å². The molecule has 24 heavy (non-hydrogen) atoms. The lowest BCUT2D eigenvalue weighted by atomic mass is 10.1. The fraction of sp³-hybridized carbons (Fsp3) is 0.176. The van der Waals surface area contributed by atoms with Gasteiger partial charge in [-0.1, -0.05) is 12.1 Å². The van der Waals surface area contributed by atoms with Gasteiger partial charge in [0.15, 0.2) is 17.4 Å². The molecule has 0 bridgehead atoms. The number of aromatic hydroxyl groups is 1. The van der Waals surface area contributed by atoms with Gasteiger partial charge in [0.2, 0.25) is 0 Å². The number of para-hydroxylation sites is 1. The molecular weight excluding hydrogens is 314 g/mol. The number of hydrogen-bond donors (Lipinski definition) is 3. The van der Waals surface area contributed by atoms with Gasteiger partial charge in [-0.25, -0.2) is 18.7 Å². The van der Waals surface area contributed by atoms with Gasteiger partial charge < -0.3 is 16.2 Å². The predicted molar refractivity (Wildman–Crippen MR) is 88.7 cm³/mol. The Labute approximate surface area is 137 Å². The Morgan fingerprint density at radius 3 is 2.71 bits per heavy atom. The molecule has 0 radical (unpaired) electrons. The van der Waals surface area contributed by atoms with Crippen LogP contribution in [0.5, 0.6) is 5.75 Å². The zero-order valence-corrected chi connectivity index (χ0v) is 12.9. The minimum absolute atomic E-state index is 0.0248. The predicted octanol–water partition coefficient (Wildman–Crippen LogP) is 3.04. The van der Waals surface area contributed by atoms with Gasteiger partial charge in [0.1, 0.15) is 11.6 Å². The SMILES string of the molecule is C[C@@H](N)CNc1nc(-c2cc(F)cc(F)c2O)nc2ccccc12. The Hall–Kier alpha value is -2.80. The van der Waals surface area contributed by atoms with Crippen molar-refractivity contribution < 1.29 is 13.9 Å². The summed E-state index contributed by atoms with van der Waals surface area (Å²) in [4.78, 5) is 8.62. The van der Waals surface area contributed by atoms with Gasteiger partial charge in [-0.3, -0.25) is 0 Å². The van der Waals surface area contributed by atoms with Crippen molar-refractivity contribution in [3.8, 4) is 17.1 Å². The molecule has 0 saturated heterocycles. The number of nitrogens with one attached hydrogen (secondary N) is 1. The van der Waals surface area contributed by atoms with Crippen LogP contribution in [0.3, 0.4) is 0 Å². The molecule has 0 aliphatic heterocycles. The van der Waals surface area contributed by atoms with Crippen molar-refractivity contribution >= 4 is 16.7 Å². The first-order valence-corrected chi connectivity index (χ1v) is 7.40. The van der Waals surface area contributed by atoms with Crippen LogP contribution in [-0.2, 0) is 0 Å². The number of aromatic nitrogens is 2. The third-order valence-electron chi connectivity index (χ3n) is 3.46. The van der Waals surface area contributed by atoms with Crippen LogP contribution in [0.15, 0.2) is 36.4 Å². The molecule has 2 aromatic carbocycles. The average Bonchev–Trinajstić information content (AvgIpc) is 2.55. The molecule has 7 heteroatoms. The lowest BCUT2D eigenvalue weighted by molar-refractivity contribution is 0.429. The zero-order chi connectivity index (χ0) is 17.3. The van der Waals surface area contributed by atoms with E-state index in [1.807, 2.05) is 19.1 Å². The molecule has 0 saturated carbocycles. The van der Waals surface area contributed by atoms with E-state index in [1.165, 1.54) is 0 Å². The van der Waals surface area contributed by atoms with Crippen LogP contribution in [0.4, 0.5) is 14.6 Å². The highest BCUT2D eigenvalue weighted by Gasteiger charge is 2.16. The van der Waals surface area contributed by atoms with Gasteiger partial charge in [0.05, 0.1) is 11.1 Å². The van der Waals surface area contributed by atoms with Crippen LogP contribution in [0, 0.1) is 11.6 Å². The van der Waals surface area contributed by atoms with Crippen LogP contribution in [0.1, 0.15) is 6.92 Å². The molecule has 0 spiro atoms. The lowest BCUT2D eigenvalue weighted by Crippen LogP contribution is -2.25. The summed E-state index contributed by atoms with van der Waals surface area (Å²) >= 11 is 0. The van der Waals surface area contributed by atoms with Crippen LogP contribution in [0.2, 0.25) is 0 Å². The molecule has 5 nitrogen and oxygen atoms in total. The summed E-state index contributed by atoms with van der Waals surface area (Å²) in [5.74, 6) is -2.06. The van der Waals surface area contributed by atoms with Gasteiger partial charge in [-0.05, 0) is 25.1 Å². The van der Waals surface area contributed by atoms with Crippen molar-refractivity contribution in [1.29, 1.82) is 0 Å². The number of phenols is 1. The minimum atomic E-state index is -1.06. The fourth-order valence-electron chi connectivity index (χ4n) is 2.33. The first kappa shape index (κ1) is 16.1. The van der Waals surface area contributed by atoms with E-state index in [0.717, 1.165) is 11.5 Å². The van der Waals surface area contributed by atoms with Crippen LogP contribution >= 0.6 is 0 Å². The van der Waals surface area contributed by atoms with E-state index in [0.29, 0.717) is 23.9 Å². The molecular formula is C17H16F2N4O. The van der Waals surface area contributed by atoms with Crippen molar-refractivity contribution in [1.82, 2.24) is 9.97 Å². The third kappa shape index (κ3) is 3.11. The number of benzene rings is 2. The van der Waals surface area contributed by atoms with Crippen molar-refractivity contribution in [2.75, 3.05) is 11.9 Å². The lowest BCUT2D eigenvalue weighted by Gasteiger charge is -2.13. The molecule has 0 aliphatic carbocycles. The van der Waals surface area contributed by atoms with E-state index in [2.05, 4.69) is 15.3 Å². The summed E-state index contributed by atoms with van der Waals surface area (Å²) in [5, 5.41) is 13.7. The zero-order valence-electron chi connectivity index (χ0n) is 12.9. The number of nitrogens with zero attached hydrogens (tertiary/aromatic N) is 2. The standard InChI is InChI=1S/C17H16F2N4O/c1-9(20)8-21-16-11-4-2-3-5-14(11)22-17(23-16)12-6-10(18)7-13(19)15(12)24/h2-7,9,24H,8,20H2,1H3,(H,21,22,23)/t9-/m1/s1. The molecule has 0 unspecified atom stereocenters. The van der Waals surface area contributed by atoms with E-state index in [1.54, 1.807) is 12.1 Å². The Kier molecular flexibility index (Phi) is 4.26. The molecule has 4 N–H and O–H groups in total. The average molecular weight is 330 g/mol. The summed E-state index contributed by atoms with van der Waals surface area (Å²) < 4.78 is 27.1. The van der Waals surface area contributed by atoms with Gasteiger partial charge in [-0.15, -0.1) is 0 Å². The van der Waals surface area contributed by atoms with Crippen LogP contribution in [-0.4, -0.2) is 27.7 Å². The Bertz CT molecular complexity index is 899. The molecule has 3 rings (SSSR count). The number of halogens is 2. The molecule has 124 valence electrons. The maximum atomic E-state index is 13.6. The van der Waals surface area contributed by atoms with Crippen molar-refractivity contribution in [3.63, 3.8) is 0 Å². The van der Waals surface area contributed by atoms with E-state index in [9.17, 15) is 13.9 Å². The second-order valence-electron chi connectivity index (χ2n) is 5.55. The van der Waals surface area contributed by atoms with Crippen LogP contribution < -0.4 is 11.1 Å². The van der Waals surface area contributed by atoms with Gasteiger partial charge in [0.25, 0.3) is 0 Å².